The quantitative estimate of drug-likeness (QED) is 0.340. The molecule has 1 aliphatic heterocycles. The maximum absolute atomic E-state index is 11.0. The average Bonchev–Trinajstić information content (AvgIpc) is 2.42. The molecule has 20 heavy (non-hydrogen) atoms. The Morgan fingerprint density at radius 3 is 2.65 bits per heavy atom. The van der Waals surface area contributed by atoms with Crippen LogP contribution < -0.4 is 0 Å². The van der Waals surface area contributed by atoms with Crippen LogP contribution in [-0.4, -0.2) is 40.3 Å². The zero-order valence-corrected chi connectivity index (χ0v) is 14.7. The Morgan fingerprint density at radius 2 is 2.05 bits per heavy atom. The van der Waals surface area contributed by atoms with Gasteiger partial charge in [0.15, 0.2) is 0 Å². The Hall–Kier alpha value is -0.0300. The third-order valence-electron chi connectivity index (χ3n) is 3.31. The summed E-state index contributed by atoms with van der Waals surface area (Å²) in [5.41, 5.74) is 2.17. The standard InChI is InChI=1S/C12H16IN3O2S2/c13-20-9-11-7-10(1-2-12(11)16(17)18)8-14-3-5-15(19)6-4-14/h1-2,7,19H,3-6,8-9H2. The van der Waals surface area contributed by atoms with Crippen molar-refractivity contribution in [3.05, 3.63) is 39.4 Å². The van der Waals surface area contributed by atoms with Crippen molar-refractivity contribution in [2.75, 3.05) is 26.2 Å². The van der Waals surface area contributed by atoms with Gasteiger partial charge in [0.25, 0.3) is 5.69 Å². The first-order valence-corrected chi connectivity index (χ1v) is 10.2. The van der Waals surface area contributed by atoms with Crippen molar-refractivity contribution in [1.29, 1.82) is 0 Å². The molecule has 0 radical (unpaired) electrons. The molecule has 1 fully saturated rings. The molecule has 0 amide bonds. The molecule has 1 saturated heterocycles. The molecule has 0 N–H and O–H groups in total. The van der Waals surface area contributed by atoms with E-state index in [0.29, 0.717) is 5.75 Å². The van der Waals surface area contributed by atoms with Crippen LogP contribution in [0.3, 0.4) is 0 Å². The minimum atomic E-state index is -0.300. The van der Waals surface area contributed by atoms with Crippen LogP contribution in [0.2, 0.25) is 0 Å². The topological polar surface area (TPSA) is 49.6 Å². The predicted octanol–water partition coefficient (Wildman–Crippen LogP) is 3.14. The molecular weight excluding hydrogens is 409 g/mol. The van der Waals surface area contributed by atoms with Gasteiger partial charge in [-0.05, 0) is 32.8 Å². The van der Waals surface area contributed by atoms with Crippen LogP contribution in [0, 0.1) is 10.1 Å². The number of nitrogens with zero attached hydrogens (tertiary/aromatic N) is 3. The Morgan fingerprint density at radius 1 is 1.35 bits per heavy atom. The first-order valence-electron chi connectivity index (χ1n) is 6.26. The fourth-order valence-corrected chi connectivity index (χ4v) is 3.78. The first kappa shape index (κ1) is 16.3. The second kappa shape index (κ2) is 7.83. The molecule has 0 unspecified atom stereocenters. The predicted molar refractivity (Wildman–Crippen MR) is 94.2 cm³/mol. The van der Waals surface area contributed by atoms with E-state index in [0.717, 1.165) is 43.9 Å². The van der Waals surface area contributed by atoms with Crippen molar-refractivity contribution in [3.63, 3.8) is 0 Å². The lowest BCUT2D eigenvalue weighted by Crippen LogP contribution is -2.41. The molecule has 5 nitrogen and oxygen atoms in total. The summed E-state index contributed by atoms with van der Waals surface area (Å²) in [6, 6.07) is 5.47. The molecule has 0 aromatic heterocycles. The van der Waals surface area contributed by atoms with E-state index in [1.807, 2.05) is 16.4 Å². The van der Waals surface area contributed by atoms with Crippen LogP contribution in [0.5, 0.6) is 0 Å². The van der Waals surface area contributed by atoms with E-state index in [1.54, 1.807) is 15.0 Å². The van der Waals surface area contributed by atoms with E-state index in [4.69, 9.17) is 0 Å². The average molecular weight is 425 g/mol. The van der Waals surface area contributed by atoms with Crippen molar-refractivity contribution in [3.8, 4) is 0 Å². The van der Waals surface area contributed by atoms with Gasteiger partial charge in [0.05, 0.1) is 4.92 Å². The van der Waals surface area contributed by atoms with E-state index in [9.17, 15) is 10.1 Å². The molecular formula is C12H16IN3O2S2. The zero-order chi connectivity index (χ0) is 14.5. The molecule has 1 aliphatic rings. The Labute approximate surface area is 140 Å². The van der Waals surface area contributed by atoms with Crippen molar-refractivity contribution >= 4 is 48.6 Å². The molecule has 1 aromatic rings. The van der Waals surface area contributed by atoms with Gasteiger partial charge in [-0.15, -0.1) is 0 Å². The van der Waals surface area contributed by atoms with Gasteiger partial charge in [-0.1, -0.05) is 27.8 Å². The molecule has 0 bridgehead atoms. The van der Waals surface area contributed by atoms with Gasteiger partial charge in [-0.25, -0.2) is 0 Å². The van der Waals surface area contributed by atoms with Crippen LogP contribution in [0.15, 0.2) is 18.2 Å². The number of nitro groups is 1. The Balaban J connectivity index is 2.08. The van der Waals surface area contributed by atoms with Crippen molar-refractivity contribution in [2.24, 2.45) is 0 Å². The fraction of sp³-hybridized carbons (Fsp3) is 0.500. The van der Waals surface area contributed by atoms with E-state index in [1.165, 1.54) is 0 Å². The molecule has 110 valence electrons. The van der Waals surface area contributed by atoms with E-state index >= 15 is 0 Å². The van der Waals surface area contributed by atoms with E-state index in [2.05, 4.69) is 38.9 Å². The maximum Gasteiger partial charge on any atom is 0.273 e. The highest BCUT2D eigenvalue weighted by Gasteiger charge is 2.17. The van der Waals surface area contributed by atoms with Gasteiger partial charge in [-0.3, -0.25) is 19.3 Å². The van der Waals surface area contributed by atoms with Gasteiger partial charge < -0.3 is 0 Å². The van der Waals surface area contributed by atoms with Gasteiger partial charge in [0.2, 0.25) is 0 Å². The third kappa shape index (κ3) is 4.48. The minimum Gasteiger partial charge on any atom is -0.296 e. The third-order valence-corrected chi connectivity index (χ3v) is 5.06. The summed E-state index contributed by atoms with van der Waals surface area (Å²) >= 11 is 6.51. The number of rotatable bonds is 5. The van der Waals surface area contributed by atoms with Gasteiger partial charge in [0.1, 0.15) is 0 Å². The zero-order valence-electron chi connectivity index (χ0n) is 10.9. The minimum absolute atomic E-state index is 0.220. The van der Waals surface area contributed by atoms with Crippen molar-refractivity contribution < 1.29 is 4.92 Å². The number of benzene rings is 1. The monoisotopic (exact) mass is 425 g/mol. The number of piperazine rings is 1. The second-order valence-electron chi connectivity index (χ2n) is 4.70. The Kier molecular flexibility index (Phi) is 6.40. The number of halogens is 1. The van der Waals surface area contributed by atoms with Crippen LogP contribution in [-0.2, 0) is 12.3 Å². The fourth-order valence-electron chi connectivity index (χ4n) is 2.24. The summed E-state index contributed by atoms with van der Waals surface area (Å²) in [6.45, 7) is 4.71. The lowest BCUT2D eigenvalue weighted by Gasteiger charge is -2.31. The lowest BCUT2D eigenvalue weighted by molar-refractivity contribution is -0.385. The molecule has 0 atom stereocenters. The summed E-state index contributed by atoms with van der Waals surface area (Å²) in [4.78, 5) is 13.1. The van der Waals surface area contributed by atoms with E-state index < -0.39 is 0 Å². The number of hydrogen-bond donors (Lipinski definition) is 1. The van der Waals surface area contributed by atoms with Crippen molar-refractivity contribution in [2.45, 2.75) is 12.3 Å². The van der Waals surface area contributed by atoms with Crippen LogP contribution in [0.25, 0.3) is 0 Å². The Bertz CT molecular complexity index is 482. The highest BCUT2D eigenvalue weighted by molar-refractivity contribution is 14.2. The second-order valence-corrected chi connectivity index (χ2v) is 7.64. The maximum atomic E-state index is 11.0. The highest BCUT2D eigenvalue weighted by atomic mass is 127. The smallest absolute Gasteiger partial charge is 0.273 e. The number of hydrogen-bond acceptors (Lipinski definition) is 6. The van der Waals surface area contributed by atoms with Gasteiger partial charge >= 0.3 is 0 Å². The number of thiol groups is 1. The largest absolute Gasteiger partial charge is 0.296 e. The summed E-state index contributed by atoms with van der Waals surface area (Å²) in [5, 5.41) is 11.0. The molecule has 0 saturated carbocycles. The summed E-state index contributed by atoms with van der Waals surface area (Å²) < 4.78 is 2.02. The molecule has 2 rings (SSSR count). The normalized spacial score (nSPS) is 17.3. The summed E-state index contributed by atoms with van der Waals surface area (Å²) in [7, 11) is 1.58. The molecule has 8 heteroatoms. The molecule has 1 aromatic carbocycles. The van der Waals surface area contributed by atoms with Crippen LogP contribution >= 0.6 is 43.0 Å². The summed E-state index contributed by atoms with van der Waals surface area (Å²) in [6.07, 6.45) is 0. The van der Waals surface area contributed by atoms with Crippen LogP contribution in [0.1, 0.15) is 11.1 Å². The highest BCUT2D eigenvalue weighted by Crippen LogP contribution is 2.28. The molecule has 0 aliphatic carbocycles. The van der Waals surface area contributed by atoms with Gasteiger partial charge in [-0.2, -0.15) is 0 Å². The molecule has 0 spiro atoms. The van der Waals surface area contributed by atoms with Gasteiger partial charge in [0, 0.05) is 50.1 Å². The summed E-state index contributed by atoms with van der Waals surface area (Å²) in [5.74, 6) is 0.662. The number of nitro benzene ring substituents is 1. The first-order chi connectivity index (χ1) is 9.60. The lowest BCUT2D eigenvalue weighted by atomic mass is 10.1. The molecule has 1 heterocycles. The van der Waals surface area contributed by atoms with E-state index in [-0.39, 0.29) is 10.6 Å². The van der Waals surface area contributed by atoms with Crippen molar-refractivity contribution in [1.82, 2.24) is 9.21 Å². The SMILES string of the molecule is O=[N+]([O-])c1ccc(CN2CCN(S)CC2)cc1CSI. The van der Waals surface area contributed by atoms with Crippen LogP contribution in [0.4, 0.5) is 5.69 Å².